The first-order valence-electron chi connectivity index (χ1n) is 13.1. The third kappa shape index (κ3) is 8.26. The van der Waals surface area contributed by atoms with Crippen molar-refractivity contribution in [2.75, 3.05) is 30.0 Å². The van der Waals surface area contributed by atoms with Crippen molar-refractivity contribution >= 4 is 49.5 Å². The number of anilines is 2. The summed E-state index contributed by atoms with van der Waals surface area (Å²) < 4.78 is 42.0. The second kappa shape index (κ2) is 13.2. The molecule has 0 atom stereocenters. The number of hydrogen-bond acceptors (Lipinski definition) is 8. The Morgan fingerprint density at radius 3 is 2.44 bits per heavy atom. The van der Waals surface area contributed by atoms with E-state index in [0.717, 1.165) is 28.5 Å². The van der Waals surface area contributed by atoms with Crippen LogP contribution in [-0.2, 0) is 10.1 Å². The van der Waals surface area contributed by atoms with E-state index in [1.165, 1.54) is 0 Å². The first-order chi connectivity index (χ1) is 19.6. The Balaban J connectivity index is 1.40. The third-order valence-electron chi connectivity index (χ3n) is 6.10. The largest absolute Gasteiger partial charge is 0.493 e. The zero-order valence-electron chi connectivity index (χ0n) is 22.8. The summed E-state index contributed by atoms with van der Waals surface area (Å²) in [5.74, 6) is 0.499. The van der Waals surface area contributed by atoms with Gasteiger partial charge in [-0.05, 0) is 85.3 Å². The molecule has 0 aliphatic heterocycles. The van der Waals surface area contributed by atoms with Crippen molar-refractivity contribution in [3.63, 3.8) is 0 Å². The minimum Gasteiger partial charge on any atom is -0.493 e. The number of benzene rings is 4. The molecule has 4 rings (SSSR count). The molecule has 0 aliphatic carbocycles. The van der Waals surface area contributed by atoms with Crippen LogP contribution in [-0.4, -0.2) is 37.8 Å². The number of nitrogens with two attached hydrogens (primary N) is 1. The summed E-state index contributed by atoms with van der Waals surface area (Å²) >= 11 is 0. The monoisotopic (exact) mass is 576 g/mol. The van der Waals surface area contributed by atoms with Crippen LogP contribution in [0.1, 0.15) is 35.7 Å². The molecule has 214 valence electrons. The number of ether oxygens (including phenoxy) is 2. The summed E-state index contributed by atoms with van der Waals surface area (Å²) in [5, 5.41) is 13.4. The number of azo groups is 1. The number of carbonyl (C=O) groups is 1. The van der Waals surface area contributed by atoms with Gasteiger partial charge in [-0.15, -0.1) is 0 Å². The molecular weight excluding hydrogens is 544 g/mol. The molecule has 0 unspecified atom stereocenters. The van der Waals surface area contributed by atoms with Gasteiger partial charge in [0.15, 0.2) is 0 Å². The Kier molecular flexibility index (Phi) is 9.53. The SMILES string of the molecule is CCCOc1cccc2cc(NC(=O)c3ccc(N=Nc4cc(OCCCS(=O)(=O)O)c(N)cc4C)cc3)ccc12. The standard InChI is InChI=1S/C30H32N4O6S/c1-3-14-39-28-7-4-6-22-18-24(12-13-25(22)28)32-30(35)21-8-10-23(11-9-21)33-34-27-19-29(26(31)17-20(27)2)40-15-5-16-41(36,37)38/h4,6-13,17-19H,3,5,14-16,31H2,1-2H3,(H,32,35)(H,36,37,38). The molecule has 0 aliphatic rings. The van der Waals surface area contributed by atoms with Crippen molar-refractivity contribution in [1.82, 2.24) is 0 Å². The van der Waals surface area contributed by atoms with E-state index in [-0.39, 0.29) is 18.9 Å². The summed E-state index contributed by atoms with van der Waals surface area (Å²) in [6, 6.07) is 21.6. The molecule has 41 heavy (non-hydrogen) atoms. The molecule has 4 aromatic rings. The molecule has 10 nitrogen and oxygen atoms in total. The van der Waals surface area contributed by atoms with Gasteiger partial charge in [0.2, 0.25) is 0 Å². The molecule has 0 aromatic heterocycles. The fraction of sp³-hybridized carbons (Fsp3) is 0.233. The van der Waals surface area contributed by atoms with Crippen LogP contribution >= 0.6 is 0 Å². The highest BCUT2D eigenvalue weighted by Crippen LogP contribution is 2.32. The molecule has 0 spiro atoms. The second-order valence-electron chi connectivity index (χ2n) is 9.41. The molecule has 0 saturated carbocycles. The zero-order chi connectivity index (χ0) is 29.4. The quantitative estimate of drug-likeness (QED) is 0.0722. The molecule has 0 heterocycles. The Labute approximate surface area is 239 Å². The smallest absolute Gasteiger partial charge is 0.264 e. The van der Waals surface area contributed by atoms with Crippen LogP contribution < -0.4 is 20.5 Å². The van der Waals surface area contributed by atoms with Crippen molar-refractivity contribution in [2.45, 2.75) is 26.7 Å². The molecule has 0 radical (unpaired) electrons. The lowest BCUT2D eigenvalue weighted by Crippen LogP contribution is -2.11. The first-order valence-corrected chi connectivity index (χ1v) is 14.7. The van der Waals surface area contributed by atoms with Crippen LogP contribution in [0.25, 0.3) is 10.8 Å². The molecule has 4 N–H and O–H groups in total. The van der Waals surface area contributed by atoms with Crippen LogP contribution in [0.4, 0.5) is 22.7 Å². The first kappa shape index (κ1) is 29.5. The Morgan fingerprint density at radius 2 is 1.71 bits per heavy atom. The van der Waals surface area contributed by atoms with E-state index in [9.17, 15) is 13.2 Å². The minimum atomic E-state index is -4.05. The van der Waals surface area contributed by atoms with Crippen LogP contribution in [0, 0.1) is 6.92 Å². The number of hydrogen-bond donors (Lipinski definition) is 3. The van der Waals surface area contributed by atoms with Gasteiger partial charge in [-0.25, -0.2) is 0 Å². The molecular formula is C30H32N4O6S. The molecule has 1 amide bonds. The normalized spacial score (nSPS) is 11.6. The van der Waals surface area contributed by atoms with Gasteiger partial charge in [0, 0.05) is 22.7 Å². The van der Waals surface area contributed by atoms with Crippen molar-refractivity contribution < 1.29 is 27.2 Å². The number of aryl methyl sites for hydroxylation is 1. The summed E-state index contributed by atoms with van der Waals surface area (Å²) in [6.07, 6.45) is 1.03. The van der Waals surface area contributed by atoms with E-state index < -0.39 is 15.9 Å². The third-order valence-corrected chi connectivity index (χ3v) is 6.90. The van der Waals surface area contributed by atoms with E-state index in [2.05, 4.69) is 22.5 Å². The maximum absolute atomic E-state index is 12.9. The predicted molar refractivity (Wildman–Crippen MR) is 160 cm³/mol. The van der Waals surface area contributed by atoms with Gasteiger partial charge in [-0.2, -0.15) is 18.6 Å². The highest BCUT2D eigenvalue weighted by atomic mass is 32.2. The number of nitrogens with zero attached hydrogens (tertiary/aromatic N) is 2. The maximum Gasteiger partial charge on any atom is 0.264 e. The van der Waals surface area contributed by atoms with Gasteiger partial charge >= 0.3 is 0 Å². The van der Waals surface area contributed by atoms with E-state index in [1.54, 1.807) is 36.4 Å². The number of fused-ring (bicyclic) bond motifs is 1. The lowest BCUT2D eigenvalue weighted by atomic mass is 10.1. The Morgan fingerprint density at radius 1 is 0.951 bits per heavy atom. The highest BCUT2D eigenvalue weighted by Gasteiger charge is 2.10. The van der Waals surface area contributed by atoms with Crippen LogP contribution in [0.3, 0.4) is 0 Å². The lowest BCUT2D eigenvalue weighted by Gasteiger charge is -2.11. The van der Waals surface area contributed by atoms with Crippen LogP contribution in [0.2, 0.25) is 0 Å². The average Bonchev–Trinajstić information content (AvgIpc) is 2.94. The Bertz CT molecular complexity index is 1670. The zero-order valence-corrected chi connectivity index (χ0v) is 23.6. The van der Waals surface area contributed by atoms with Crippen molar-refractivity contribution in [3.05, 3.63) is 83.9 Å². The van der Waals surface area contributed by atoms with Crippen LogP contribution in [0.15, 0.2) is 83.0 Å². The molecule has 4 aromatic carbocycles. The minimum absolute atomic E-state index is 0.0563. The predicted octanol–water partition coefficient (Wildman–Crippen LogP) is 6.84. The number of carbonyl (C=O) groups excluding carboxylic acids is 1. The van der Waals surface area contributed by atoms with Gasteiger partial charge in [0.05, 0.1) is 36.0 Å². The average molecular weight is 577 g/mol. The number of nitrogen functional groups attached to an aromatic ring is 1. The van der Waals surface area contributed by atoms with Gasteiger partial charge < -0.3 is 20.5 Å². The van der Waals surface area contributed by atoms with Gasteiger partial charge in [0.1, 0.15) is 11.5 Å². The van der Waals surface area contributed by atoms with Crippen molar-refractivity contribution in [3.8, 4) is 11.5 Å². The molecule has 0 fully saturated rings. The van der Waals surface area contributed by atoms with Gasteiger partial charge in [-0.3, -0.25) is 9.35 Å². The van der Waals surface area contributed by atoms with E-state index in [1.807, 2.05) is 43.3 Å². The lowest BCUT2D eigenvalue weighted by molar-refractivity contribution is 0.102. The fourth-order valence-corrected chi connectivity index (χ4v) is 4.50. The summed E-state index contributed by atoms with van der Waals surface area (Å²) in [7, 11) is -4.05. The topological polar surface area (TPSA) is 153 Å². The molecule has 0 saturated heterocycles. The highest BCUT2D eigenvalue weighted by molar-refractivity contribution is 7.85. The van der Waals surface area contributed by atoms with Crippen molar-refractivity contribution in [1.29, 1.82) is 0 Å². The number of rotatable bonds is 12. The second-order valence-corrected chi connectivity index (χ2v) is 11.0. The van der Waals surface area contributed by atoms with E-state index in [4.69, 9.17) is 19.8 Å². The number of nitrogens with one attached hydrogen (secondary N) is 1. The van der Waals surface area contributed by atoms with Gasteiger partial charge in [-0.1, -0.05) is 19.1 Å². The van der Waals surface area contributed by atoms with E-state index in [0.29, 0.717) is 40.7 Å². The summed E-state index contributed by atoms with van der Waals surface area (Å²) in [4.78, 5) is 12.9. The number of amides is 1. The van der Waals surface area contributed by atoms with Crippen LogP contribution in [0.5, 0.6) is 11.5 Å². The maximum atomic E-state index is 12.9. The van der Waals surface area contributed by atoms with Gasteiger partial charge in [0.25, 0.3) is 16.0 Å². The summed E-state index contributed by atoms with van der Waals surface area (Å²) in [5.41, 5.74) is 9.35. The molecule has 0 bridgehead atoms. The Hall–Kier alpha value is -4.48. The fourth-order valence-electron chi connectivity index (χ4n) is 4.02. The van der Waals surface area contributed by atoms with Crippen molar-refractivity contribution in [2.24, 2.45) is 10.2 Å². The summed E-state index contributed by atoms with van der Waals surface area (Å²) in [6.45, 7) is 4.58. The van der Waals surface area contributed by atoms with E-state index >= 15 is 0 Å². The molecule has 11 heteroatoms.